The molecule has 0 radical (unpaired) electrons. The van der Waals surface area contributed by atoms with Gasteiger partial charge in [-0.25, -0.2) is 0 Å². The minimum absolute atomic E-state index is 0.00171. The van der Waals surface area contributed by atoms with E-state index in [1.165, 1.54) is 11.1 Å². The Morgan fingerprint density at radius 1 is 0.667 bits per heavy atom. The molecule has 8 N–H and O–H groups in total. The number of rotatable bonds is 9. The van der Waals surface area contributed by atoms with Crippen molar-refractivity contribution in [2.45, 2.75) is 180 Å². The van der Waals surface area contributed by atoms with E-state index in [0.29, 0.717) is 18.3 Å². The SMILES string of the molecule is CC(C)=CC/C=C(\C)C1CC[C@]2(C)C1[C@H](O)C[C@@H]1[C@@]3(C)CC[C@H](O[C@@H]4O[C@H](CO)[C@@H](O)[C@H](O)[C@H]4O[C@@H]4O[C@H](CO)[C@@H](O)[C@H](O)[C@H]4O)C(C)(C)[C@@H]3CC[C@]12C. The Morgan fingerprint density at radius 2 is 1.28 bits per heavy atom. The minimum atomic E-state index is -1.74. The number of aliphatic hydroxyl groups is 8. The highest BCUT2D eigenvalue weighted by molar-refractivity contribution is 5.23. The summed E-state index contributed by atoms with van der Waals surface area (Å²) < 4.78 is 24.4. The molecule has 19 atom stereocenters. The fourth-order valence-electron chi connectivity index (χ4n) is 12.9. The minimum Gasteiger partial charge on any atom is -0.394 e. The molecular weight excluding hydrogens is 696 g/mol. The van der Waals surface area contributed by atoms with Gasteiger partial charge in [0.15, 0.2) is 12.6 Å². The molecule has 4 aliphatic carbocycles. The van der Waals surface area contributed by atoms with Crippen LogP contribution in [0.2, 0.25) is 0 Å². The first kappa shape index (κ1) is 42.6. The third kappa shape index (κ3) is 6.89. The molecule has 2 aliphatic heterocycles. The van der Waals surface area contributed by atoms with E-state index in [4.69, 9.17) is 18.9 Å². The van der Waals surface area contributed by atoms with Crippen molar-refractivity contribution in [3.8, 4) is 0 Å². The smallest absolute Gasteiger partial charge is 0.187 e. The maximum absolute atomic E-state index is 12.1. The third-order valence-corrected chi connectivity index (χ3v) is 16.1. The Morgan fingerprint density at radius 3 is 1.91 bits per heavy atom. The topological polar surface area (TPSA) is 199 Å². The van der Waals surface area contributed by atoms with Crippen molar-refractivity contribution in [3.05, 3.63) is 23.3 Å². The summed E-state index contributed by atoms with van der Waals surface area (Å²) in [5.41, 5.74) is 2.29. The summed E-state index contributed by atoms with van der Waals surface area (Å²) in [4.78, 5) is 0. The summed E-state index contributed by atoms with van der Waals surface area (Å²) in [5, 5.41) is 85.4. The maximum Gasteiger partial charge on any atom is 0.187 e. The van der Waals surface area contributed by atoms with Crippen LogP contribution >= 0.6 is 0 Å². The van der Waals surface area contributed by atoms with Gasteiger partial charge >= 0.3 is 0 Å². The molecule has 12 nitrogen and oxygen atoms in total. The van der Waals surface area contributed by atoms with Gasteiger partial charge in [-0.05, 0) is 117 Å². The van der Waals surface area contributed by atoms with Crippen LogP contribution < -0.4 is 0 Å². The van der Waals surface area contributed by atoms with Crippen LogP contribution in [0.25, 0.3) is 0 Å². The zero-order valence-electron chi connectivity index (χ0n) is 33.7. The van der Waals surface area contributed by atoms with Gasteiger partial charge in [0.05, 0.1) is 25.4 Å². The molecule has 6 fully saturated rings. The van der Waals surface area contributed by atoms with Crippen molar-refractivity contribution >= 4 is 0 Å². The second-order valence-corrected chi connectivity index (χ2v) is 19.4. The van der Waals surface area contributed by atoms with Crippen LogP contribution in [0.15, 0.2) is 23.3 Å². The molecule has 0 bridgehead atoms. The molecule has 0 aromatic rings. The van der Waals surface area contributed by atoms with Gasteiger partial charge in [-0.2, -0.15) is 0 Å². The summed E-state index contributed by atoms with van der Waals surface area (Å²) >= 11 is 0. The highest BCUT2D eigenvalue weighted by Gasteiger charge is 2.70. The van der Waals surface area contributed by atoms with Gasteiger partial charge in [-0.15, -0.1) is 0 Å². The van der Waals surface area contributed by atoms with Crippen molar-refractivity contribution in [3.63, 3.8) is 0 Å². The average Bonchev–Trinajstić information content (AvgIpc) is 3.49. The molecule has 54 heavy (non-hydrogen) atoms. The van der Waals surface area contributed by atoms with Gasteiger partial charge in [-0.1, -0.05) is 57.9 Å². The highest BCUT2D eigenvalue weighted by atomic mass is 16.8. The van der Waals surface area contributed by atoms with Crippen LogP contribution in [0.5, 0.6) is 0 Å². The average molecular weight is 767 g/mol. The Labute approximate surface area is 321 Å². The van der Waals surface area contributed by atoms with E-state index in [1.54, 1.807) is 0 Å². The summed E-state index contributed by atoms with van der Waals surface area (Å²) in [6.45, 7) is 17.1. The van der Waals surface area contributed by atoms with Gasteiger partial charge in [0.25, 0.3) is 0 Å². The van der Waals surface area contributed by atoms with Crippen LogP contribution in [-0.2, 0) is 18.9 Å². The normalized spacial score (nSPS) is 51.9. The lowest BCUT2D eigenvalue weighted by Gasteiger charge is -2.70. The van der Waals surface area contributed by atoms with Crippen molar-refractivity contribution < 1.29 is 59.8 Å². The lowest BCUT2D eigenvalue weighted by atomic mass is 9.35. The first-order chi connectivity index (χ1) is 25.3. The van der Waals surface area contributed by atoms with E-state index >= 15 is 0 Å². The lowest BCUT2D eigenvalue weighted by molar-refractivity contribution is -0.378. The third-order valence-electron chi connectivity index (χ3n) is 16.1. The van der Waals surface area contributed by atoms with E-state index in [-0.39, 0.29) is 40.3 Å². The molecule has 12 heteroatoms. The predicted octanol–water partition coefficient (Wildman–Crippen LogP) is 2.95. The van der Waals surface area contributed by atoms with Crippen molar-refractivity contribution in [2.24, 2.45) is 45.3 Å². The lowest BCUT2D eigenvalue weighted by Crippen LogP contribution is -2.67. The molecule has 4 saturated carbocycles. The molecular formula is C42H70O12. The van der Waals surface area contributed by atoms with Crippen LogP contribution in [0, 0.1) is 45.3 Å². The maximum atomic E-state index is 12.1. The monoisotopic (exact) mass is 766 g/mol. The highest BCUT2D eigenvalue weighted by Crippen LogP contribution is 2.75. The van der Waals surface area contributed by atoms with E-state index in [9.17, 15) is 40.9 Å². The molecule has 0 aromatic carbocycles. The second-order valence-electron chi connectivity index (χ2n) is 19.4. The number of ether oxygens (including phenoxy) is 4. The molecule has 2 saturated heterocycles. The Bertz CT molecular complexity index is 1380. The summed E-state index contributed by atoms with van der Waals surface area (Å²) in [7, 11) is 0. The zero-order valence-corrected chi connectivity index (χ0v) is 33.7. The van der Waals surface area contributed by atoms with E-state index in [2.05, 4.69) is 67.5 Å². The molecule has 310 valence electrons. The first-order valence-electron chi connectivity index (χ1n) is 20.5. The Hall–Kier alpha value is -1.00. The quantitative estimate of drug-likeness (QED) is 0.126. The fourth-order valence-corrected chi connectivity index (χ4v) is 12.9. The molecule has 0 amide bonds. The van der Waals surface area contributed by atoms with Gasteiger partial charge in [0.1, 0.15) is 48.8 Å². The van der Waals surface area contributed by atoms with Gasteiger partial charge in [-0.3, -0.25) is 0 Å². The van der Waals surface area contributed by atoms with E-state index < -0.39 is 80.0 Å². The largest absolute Gasteiger partial charge is 0.394 e. The summed E-state index contributed by atoms with van der Waals surface area (Å²) in [5.74, 6) is 1.14. The number of fused-ring (bicyclic) bond motifs is 5. The van der Waals surface area contributed by atoms with Crippen molar-refractivity contribution in [1.29, 1.82) is 0 Å². The number of aliphatic hydroxyl groups excluding tert-OH is 8. The van der Waals surface area contributed by atoms with Crippen LogP contribution in [0.3, 0.4) is 0 Å². The number of hydrogen-bond acceptors (Lipinski definition) is 12. The molecule has 0 aromatic heterocycles. The van der Waals surface area contributed by atoms with Crippen LogP contribution in [0.1, 0.15) is 107 Å². The Balaban J connectivity index is 1.23. The number of allylic oxidation sites excluding steroid dienone is 4. The summed E-state index contributed by atoms with van der Waals surface area (Å²) in [6, 6.07) is 0. The van der Waals surface area contributed by atoms with Crippen LogP contribution in [-0.4, -0.2) is 128 Å². The molecule has 0 spiro atoms. The Kier molecular flexibility index (Phi) is 12.3. The van der Waals surface area contributed by atoms with Gasteiger partial charge in [0, 0.05) is 0 Å². The van der Waals surface area contributed by atoms with Crippen molar-refractivity contribution in [2.75, 3.05) is 13.2 Å². The second kappa shape index (κ2) is 15.6. The first-order valence-corrected chi connectivity index (χ1v) is 20.5. The zero-order chi connectivity index (χ0) is 39.7. The van der Waals surface area contributed by atoms with E-state index in [1.807, 2.05) is 0 Å². The van der Waals surface area contributed by atoms with E-state index in [0.717, 1.165) is 44.9 Å². The van der Waals surface area contributed by atoms with Crippen LogP contribution in [0.4, 0.5) is 0 Å². The fraction of sp³-hybridized carbons (Fsp3) is 0.905. The number of hydrogen-bond donors (Lipinski definition) is 8. The molecule has 6 aliphatic rings. The molecule has 6 rings (SSSR count). The van der Waals surface area contributed by atoms with Gasteiger partial charge < -0.3 is 59.8 Å². The molecule has 2 heterocycles. The van der Waals surface area contributed by atoms with Gasteiger partial charge in [0.2, 0.25) is 0 Å². The standard InChI is InChI=1S/C42H70O12/c1-21(2)10-9-11-22(3)23-12-16-42(8)30(23)24(45)18-28-40(6)15-14-29(39(4,5)27(40)13-17-41(28,42)7)53-38-36(34(49)32(47)26(20-44)52-38)54-37-35(50)33(48)31(46)25(19-43)51-37/h10-11,23-38,43-50H,9,12-20H2,1-8H3/b22-11+/t23?,24-,25-,26-,27+,28-,29+,30?,31-,32-,33+,34+,35-,36-,37+,38+,40+,41-,42-/m1/s1. The predicted molar refractivity (Wildman–Crippen MR) is 199 cm³/mol. The van der Waals surface area contributed by atoms with Crippen molar-refractivity contribution in [1.82, 2.24) is 0 Å². The molecule has 2 unspecified atom stereocenters. The summed E-state index contributed by atoms with van der Waals surface area (Å²) in [6.07, 6.45) is -3.65.